The smallest absolute Gasteiger partial charge is 0.0171 e. The first-order valence-electron chi connectivity index (χ1n) is 5.65. The van der Waals surface area contributed by atoms with E-state index in [1.165, 1.54) is 25.7 Å². The first-order valence-corrected chi connectivity index (χ1v) is 5.65. The van der Waals surface area contributed by atoms with Crippen molar-refractivity contribution in [1.82, 2.24) is 0 Å². The Morgan fingerprint density at radius 3 is 3.00 bits per heavy atom. The lowest BCUT2D eigenvalue weighted by Gasteiger charge is -2.18. The van der Waals surface area contributed by atoms with Crippen LogP contribution >= 0.6 is 0 Å². The van der Waals surface area contributed by atoms with E-state index in [2.05, 4.69) is 32.1 Å². The van der Waals surface area contributed by atoms with Crippen molar-refractivity contribution in [3.63, 3.8) is 0 Å². The predicted molar refractivity (Wildman–Crippen MR) is 57.5 cm³/mol. The van der Waals surface area contributed by atoms with E-state index in [1.807, 2.05) is 0 Å². The van der Waals surface area contributed by atoms with Gasteiger partial charge in [-0.1, -0.05) is 37.6 Å². The van der Waals surface area contributed by atoms with Gasteiger partial charge in [-0.15, -0.1) is 0 Å². The minimum absolute atomic E-state index is 0.836. The second-order valence-corrected chi connectivity index (χ2v) is 4.75. The molecular formula is C13H20. The van der Waals surface area contributed by atoms with Crippen LogP contribution in [-0.2, 0) is 0 Å². The maximum atomic E-state index is 2.42. The summed E-state index contributed by atoms with van der Waals surface area (Å²) in [5, 5.41) is 0. The van der Waals surface area contributed by atoms with Crippen LogP contribution in [0.4, 0.5) is 0 Å². The fraction of sp³-hybridized carbons (Fsp3) is 0.692. The van der Waals surface area contributed by atoms with Crippen LogP contribution in [0.15, 0.2) is 23.8 Å². The van der Waals surface area contributed by atoms with Crippen LogP contribution in [0.2, 0.25) is 0 Å². The Kier molecular flexibility index (Phi) is 2.57. The second-order valence-electron chi connectivity index (χ2n) is 4.75. The van der Waals surface area contributed by atoms with Crippen LogP contribution in [0.3, 0.4) is 0 Å². The third-order valence-corrected chi connectivity index (χ3v) is 3.72. The van der Waals surface area contributed by atoms with E-state index >= 15 is 0 Å². The Morgan fingerprint density at radius 1 is 1.31 bits per heavy atom. The number of hydrogen-bond donors (Lipinski definition) is 0. The van der Waals surface area contributed by atoms with Crippen molar-refractivity contribution >= 4 is 0 Å². The highest BCUT2D eigenvalue weighted by Gasteiger charge is 2.32. The molecule has 1 saturated carbocycles. The van der Waals surface area contributed by atoms with Gasteiger partial charge in [0.25, 0.3) is 0 Å². The molecule has 0 aliphatic heterocycles. The van der Waals surface area contributed by atoms with Gasteiger partial charge < -0.3 is 0 Å². The summed E-state index contributed by atoms with van der Waals surface area (Å²) in [4.78, 5) is 0. The Hall–Kier alpha value is -0.520. The topological polar surface area (TPSA) is 0 Å². The molecule has 72 valence electrons. The maximum Gasteiger partial charge on any atom is -0.0171 e. The van der Waals surface area contributed by atoms with Crippen molar-refractivity contribution in [3.05, 3.63) is 23.8 Å². The number of allylic oxidation sites excluding steroid dienone is 4. The van der Waals surface area contributed by atoms with Crippen LogP contribution < -0.4 is 0 Å². The molecular weight excluding hydrogens is 156 g/mol. The second kappa shape index (κ2) is 3.69. The molecule has 0 spiro atoms. The molecule has 0 heteroatoms. The molecule has 13 heavy (non-hydrogen) atoms. The molecule has 0 aromatic rings. The summed E-state index contributed by atoms with van der Waals surface area (Å²) in [6.07, 6.45) is 12.5. The third kappa shape index (κ3) is 1.72. The lowest BCUT2D eigenvalue weighted by Crippen LogP contribution is -2.06. The molecule has 0 aromatic heterocycles. The largest absolute Gasteiger partial charge is 0.0845 e. The Labute approximate surface area is 81.7 Å². The molecule has 3 atom stereocenters. The van der Waals surface area contributed by atoms with Crippen molar-refractivity contribution in [3.8, 4) is 0 Å². The molecule has 2 aliphatic carbocycles. The van der Waals surface area contributed by atoms with Crippen molar-refractivity contribution in [2.45, 2.75) is 39.5 Å². The summed E-state index contributed by atoms with van der Waals surface area (Å²) >= 11 is 0. The lowest BCUT2D eigenvalue weighted by molar-refractivity contribution is 0.417. The number of rotatable bonds is 0. The first-order chi connectivity index (χ1) is 6.29. The molecule has 2 rings (SSSR count). The summed E-state index contributed by atoms with van der Waals surface area (Å²) in [6.45, 7) is 4.81. The number of fused-ring (bicyclic) bond motifs is 1. The average Bonchev–Trinajstić information content (AvgIpc) is 2.25. The fourth-order valence-electron chi connectivity index (χ4n) is 3.02. The van der Waals surface area contributed by atoms with Gasteiger partial charge in [0.2, 0.25) is 0 Å². The molecule has 3 unspecified atom stereocenters. The third-order valence-electron chi connectivity index (χ3n) is 3.72. The van der Waals surface area contributed by atoms with Crippen molar-refractivity contribution in [1.29, 1.82) is 0 Å². The summed E-state index contributed by atoms with van der Waals surface area (Å²) in [6, 6.07) is 0. The van der Waals surface area contributed by atoms with Crippen LogP contribution in [0.5, 0.6) is 0 Å². The summed E-state index contributed by atoms with van der Waals surface area (Å²) in [5.74, 6) is 2.66. The van der Waals surface area contributed by atoms with Crippen LogP contribution in [0.1, 0.15) is 39.5 Å². The van der Waals surface area contributed by atoms with Gasteiger partial charge in [0.05, 0.1) is 0 Å². The zero-order valence-corrected chi connectivity index (χ0v) is 8.79. The minimum atomic E-state index is 0.836. The van der Waals surface area contributed by atoms with Gasteiger partial charge in [-0.05, 0) is 43.4 Å². The zero-order valence-electron chi connectivity index (χ0n) is 8.79. The van der Waals surface area contributed by atoms with Gasteiger partial charge in [0.1, 0.15) is 0 Å². The van der Waals surface area contributed by atoms with E-state index in [0.717, 1.165) is 17.8 Å². The van der Waals surface area contributed by atoms with Gasteiger partial charge >= 0.3 is 0 Å². The maximum absolute atomic E-state index is 2.42. The van der Waals surface area contributed by atoms with Gasteiger partial charge in [-0.3, -0.25) is 0 Å². The molecule has 0 heterocycles. The van der Waals surface area contributed by atoms with E-state index in [1.54, 1.807) is 5.57 Å². The molecule has 0 aromatic carbocycles. The lowest BCUT2D eigenvalue weighted by atomic mass is 9.87. The van der Waals surface area contributed by atoms with Crippen molar-refractivity contribution < 1.29 is 0 Å². The normalized spacial score (nSPS) is 45.7. The van der Waals surface area contributed by atoms with Gasteiger partial charge in [0.15, 0.2) is 0 Å². The minimum Gasteiger partial charge on any atom is -0.0845 e. The highest BCUT2D eigenvalue weighted by atomic mass is 14.4. The van der Waals surface area contributed by atoms with Crippen LogP contribution in [0, 0.1) is 17.8 Å². The SMILES string of the molecule is CC1CC(C)C2CCC/C=C\C=C\12. The molecule has 0 radical (unpaired) electrons. The van der Waals surface area contributed by atoms with E-state index < -0.39 is 0 Å². The van der Waals surface area contributed by atoms with E-state index in [4.69, 9.17) is 0 Å². The Morgan fingerprint density at radius 2 is 2.15 bits per heavy atom. The zero-order chi connectivity index (χ0) is 9.26. The molecule has 0 saturated heterocycles. The Balaban J connectivity index is 2.24. The molecule has 0 nitrogen and oxygen atoms in total. The molecule has 1 fully saturated rings. The van der Waals surface area contributed by atoms with Gasteiger partial charge in [0, 0.05) is 0 Å². The highest BCUT2D eigenvalue weighted by Crippen LogP contribution is 2.43. The van der Waals surface area contributed by atoms with E-state index in [9.17, 15) is 0 Å². The molecule has 0 bridgehead atoms. The molecule has 0 amide bonds. The van der Waals surface area contributed by atoms with Crippen LogP contribution in [0.25, 0.3) is 0 Å². The summed E-state index contributed by atoms with van der Waals surface area (Å²) in [7, 11) is 0. The van der Waals surface area contributed by atoms with Crippen molar-refractivity contribution in [2.24, 2.45) is 17.8 Å². The quantitative estimate of drug-likeness (QED) is 0.524. The highest BCUT2D eigenvalue weighted by molar-refractivity contribution is 5.23. The van der Waals surface area contributed by atoms with Gasteiger partial charge in [-0.25, -0.2) is 0 Å². The fourth-order valence-corrected chi connectivity index (χ4v) is 3.02. The van der Waals surface area contributed by atoms with Crippen molar-refractivity contribution in [2.75, 3.05) is 0 Å². The summed E-state index contributed by atoms with van der Waals surface area (Å²) in [5.41, 5.74) is 1.73. The monoisotopic (exact) mass is 176 g/mol. The molecule has 2 aliphatic rings. The molecule has 0 N–H and O–H groups in total. The van der Waals surface area contributed by atoms with Gasteiger partial charge in [-0.2, -0.15) is 0 Å². The van der Waals surface area contributed by atoms with E-state index in [-0.39, 0.29) is 0 Å². The standard InChI is InChI=1S/C13H20/c1-10-9-11(2)13-8-6-4-3-5-7-12(10)13/h3,5,7,10-11,13H,4,6,8-9H2,1-2H3/b5-3-,12-7-. The van der Waals surface area contributed by atoms with E-state index in [0.29, 0.717) is 0 Å². The predicted octanol–water partition coefficient (Wildman–Crippen LogP) is 3.95. The number of hydrogen-bond acceptors (Lipinski definition) is 0. The first kappa shape index (κ1) is 9.05. The van der Waals surface area contributed by atoms with Crippen LogP contribution in [-0.4, -0.2) is 0 Å². The average molecular weight is 176 g/mol. The summed E-state index contributed by atoms with van der Waals surface area (Å²) < 4.78 is 0. The Bertz CT molecular complexity index is 234.